The van der Waals surface area contributed by atoms with Crippen LogP contribution in [0.5, 0.6) is 0 Å². The van der Waals surface area contributed by atoms with E-state index in [9.17, 15) is 4.79 Å². The van der Waals surface area contributed by atoms with E-state index in [-0.39, 0.29) is 5.92 Å². The molecule has 1 heterocycles. The fraction of sp³-hybridized carbons (Fsp3) is 0.938. The third-order valence-electron chi connectivity index (χ3n) is 5.38. The van der Waals surface area contributed by atoms with E-state index < -0.39 is 0 Å². The molecule has 1 aliphatic carbocycles. The van der Waals surface area contributed by atoms with Gasteiger partial charge in [0.05, 0.1) is 0 Å². The molecule has 1 amide bonds. The summed E-state index contributed by atoms with van der Waals surface area (Å²) in [4.78, 5) is 17.3. The average Bonchev–Trinajstić information content (AvgIpc) is 2.97. The molecule has 0 aromatic heterocycles. The van der Waals surface area contributed by atoms with Gasteiger partial charge in [-0.2, -0.15) is 0 Å². The van der Waals surface area contributed by atoms with E-state index in [0.717, 1.165) is 51.9 Å². The van der Waals surface area contributed by atoms with Gasteiger partial charge in [0.1, 0.15) is 0 Å². The van der Waals surface area contributed by atoms with Gasteiger partial charge in [0, 0.05) is 25.0 Å². The van der Waals surface area contributed by atoms with Crippen LogP contribution in [0.4, 0.5) is 0 Å². The van der Waals surface area contributed by atoms with Crippen LogP contribution >= 0.6 is 0 Å². The predicted octanol–water partition coefficient (Wildman–Crippen LogP) is 1.69. The lowest BCUT2D eigenvalue weighted by molar-refractivity contribution is -0.138. The molecule has 1 saturated heterocycles. The molecule has 0 spiro atoms. The lowest BCUT2D eigenvalue weighted by Gasteiger charge is -2.39. The average molecular weight is 281 g/mol. The second-order valence-corrected chi connectivity index (χ2v) is 6.31. The first kappa shape index (κ1) is 15.8. The molecule has 1 aliphatic heterocycles. The Morgan fingerprint density at radius 3 is 2.35 bits per heavy atom. The Morgan fingerprint density at radius 1 is 1.15 bits per heavy atom. The molecule has 4 heteroatoms. The van der Waals surface area contributed by atoms with Crippen LogP contribution in [0, 0.1) is 11.8 Å². The summed E-state index contributed by atoms with van der Waals surface area (Å²) in [7, 11) is 0. The number of hydrogen-bond acceptors (Lipinski definition) is 3. The molecule has 0 bridgehead atoms. The van der Waals surface area contributed by atoms with Gasteiger partial charge in [-0.05, 0) is 51.2 Å². The minimum atomic E-state index is 0.213. The number of likely N-dealkylation sites (tertiary alicyclic amines) is 1. The summed E-state index contributed by atoms with van der Waals surface area (Å²) in [5.74, 6) is 1.03. The lowest BCUT2D eigenvalue weighted by Crippen LogP contribution is -2.48. The van der Waals surface area contributed by atoms with Crippen molar-refractivity contribution in [3.63, 3.8) is 0 Å². The van der Waals surface area contributed by atoms with Crippen molar-refractivity contribution in [2.75, 3.05) is 32.7 Å². The first-order valence-corrected chi connectivity index (χ1v) is 8.44. The van der Waals surface area contributed by atoms with Crippen molar-refractivity contribution in [2.24, 2.45) is 17.6 Å². The molecule has 2 fully saturated rings. The SMILES string of the molecule is CCN(CC)C1CCN(C(=O)C2CCCC2CN)CC1. The third kappa shape index (κ3) is 3.34. The summed E-state index contributed by atoms with van der Waals surface area (Å²) in [6, 6.07) is 0.669. The number of amides is 1. The highest BCUT2D eigenvalue weighted by Crippen LogP contribution is 2.33. The van der Waals surface area contributed by atoms with Gasteiger partial charge >= 0.3 is 0 Å². The largest absolute Gasteiger partial charge is 0.342 e. The molecule has 2 N–H and O–H groups in total. The van der Waals surface area contributed by atoms with Crippen molar-refractivity contribution in [2.45, 2.75) is 52.0 Å². The Kier molecular flexibility index (Phi) is 5.85. The summed E-state index contributed by atoms with van der Waals surface area (Å²) in [5.41, 5.74) is 5.81. The maximum atomic E-state index is 12.6. The van der Waals surface area contributed by atoms with Crippen molar-refractivity contribution < 1.29 is 4.79 Å². The van der Waals surface area contributed by atoms with Crippen LogP contribution in [-0.4, -0.2) is 54.5 Å². The van der Waals surface area contributed by atoms with Crippen molar-refractivity contribution >= 4 is 5.91 Å². The zero-order chi connectivity index (χ0) is 14.5. The predicted molar refractivity (Wildman–Crippen MR) is 82.4 cm³/mol. The number of piperidine rings is 1. The van der Waals surface area contributed by atoms with Crippen molar-refractivity contribution in [1.29, 1.82) is 0 Å². The molecule has 1 saturated carbocycles. The molecular weight excluding hydrogens is 250 g/mol. The number of hydrogen-bond donors (Lipinski definition) is 1. The highest BCUT2D eigenvalue weighted by Gasteiger charge is 2.36. The second-order valence-electron chi connectivity index (χ2n) is 6.31. The van der Waals surface area contributed by atoms with E-state index in [4.69, 9.17) is 5.73 Å². The van der Waals surface area contributed by atoms with Gasteiger partial charge in [-0.15, -0.1) is 0 Å². The molecule has 2 aliphatic rings. The zero-order valence-corrected chi connectivity index (χ0v) is 13.2. The lowest BCUT2D eigenvalue weighted by atomic mass is 9.93. The van der Waals surface area contributed by atoms with E-state index in [1.165, 1.54) is 6.42 Å². The van der Waals surface area contributed by atoms with Crippen LogP contribution < -0.4 is 5.73 Å². The number of nitrogens with zero attached hydrogens (tertiary/aromatic N) is 2. The monoisotopic (exact) mass is 281 g/mol. The summed E-state index contributed by atoms with van der Waals surface area (Å²) in [6.45, 7) is 9.24. The smallest absolute Gasteiger partial charge is 0.226 e. The fourth-order valence-corrected chi connectivity index (χ4v) is 4.07. The second kappa shape index (κ2) is 7.41. The summed E-state index contributed by atoms with van der Waals surface area (Å²) < 4.78 is 0. The van der Waals surface area contributed by atoms with Gasteiger partial charge in [-0.25, -0.2) is 0 Å². The fourth-order valence-electron chi connectivity index (χ4n) is 4.07. The van der Waals surface area contributed by atoms with E-state index in [1.807, 2.05) is 0 Å². The highest BCUT2D eigenvalue weighted by molar-refractivity contribution is 5.79. The molecule has 2 unspecified atom stereocenters. The topological polar surface area (TPSA) is 49.6 Å². The molecular formula is C16H31N3O. The van der Waals surface area contributed by atoms with Crippen LogP contribution in [0.15, 0.2) is 0 Å². The number of carbonyl (C=O) groups excluding carboxylic acids is 1. The van der Waals surface area contributed by atoms with Crippen molar-refractivity contribution in [3.8, 4) is 0 Å². The molecule has 0 aromatic rings. The normalized spacial score (nSPS) is 28.3. The summed E-state index contributed by atoms with van der Waals surface area (Å²) in [6.07, 6.45) is 5.63. The van der Waals surface area contributed by atoms with Crippen molar-refractivity contribution in [3.05, 3.63) is 0 Å². The minimum Gasteiger partial charge on any atom is -0.342 e. The quantitative estimate of drug-likeness (QED) is 0.834. The van der Waals surface area contributed by atoms with Gasteiger partial charge < -0.3 is 15.5 Å². The Hall–Kier alpha value is -0.610. The van der Waals surface area contributed by atoms with Crippen LogP contribution in [0.3, 0.4) is 0 Å². The Balaban J connectivity index is 1.85. The number of carbonyl (C=O) groups is 1. The maximum absolute atomic E-state index is 12.6. The molecule has 0 aromatic carbocycles. The standard InChI is InChI=1S/C16H31N3O/c1-3-18(4-2)14-8-10-19(11-9-14)16(20)15-7-5-6-13(15)12-17/h13-15H,3-12,17H2,1-2H3. The molecule has 20 heavy (non-hydrogen) atoms. The summed E-state index contributed by atoms with van der Waals surface area (Å²) >= 11 is 0. The van der Waals surface area contributed by atoms with Crippen LogP contribution in [0.2, 0.25) is 0 Å². The molecule has 4 nitrogen and oxygen atoms in total. The molecule has 2 rings (SSSR count). The van der Waals surface area contributed by atoms with Gasteiger partial charge in [-0.1, -0.05) is 20.3 Å². The van der Waals surface area contributed by atoms with Gasteiger partial charge in [0.25, 0.3) is 0 Å². The zero-order valence-electron chi connectivity index (χ0n) is 13.2. The first-order chi connectivity index (χ1) is 9.71. The van der Waals surface area contributed by atoms with E-state index in [0.29, 0.717) is 24.4 Å². The molecule has 0 radical (unpaired) electrons. The highest BCUT2D eigenvalue weighted by atomic mass is 16.2. The van der Waals surface area contributed by atoms with Crippen LogP contribution in [-0.2, 0) is 4.79 Å². The van der Waals surface area contributed by atoms with Gasteiger partial charge in [0.15, 0.2) is 0 Å². The third-order valence-corrected chi connectivity index (χ3v) is 5.38. The number of nitrogens with two attached hydrogens (primary N) is 1. The Labute approximate surface area is 123 Å². The van der Waals surface area contributed by atoms with Crippen LogP contribution in [0.25, 0.3) is 0 Å². The van der Waals surface area contributed by atoms with Gasteiger partial charge in [0.2, 0.25) is 5.91 Å². The van der Waals surface area contributed by atoms with E-state index >= 15 is 0 Å². The Bertz CT molecular complexity index is 309. The van der Waals surface area contributed by atoms with E-state index in [2.05, 4.69) is 23.6 Å². The Morgan fingerprint density at radius 2 is 1.80 bits per heavy atom. The summed E-state index contributed by atoms with van der Waals surface area (Å²) in [5, 5.41) is 0. The van der Waals surface area contributed by atoms with E-state index in [1.54, 1.807) is 0 Å². The maximum Gasteiger partial charge on any atom is 0.226 e. The first-order valence-electron chi connectivity index (χ1n) is 8.44. The molecule has 116 valence electrons. The van der Waals surface area contributed by atoms with Crippen molar-refractivity contribution in [1.82, 2.24) is 9.80 Å². The van der Waals surface area contributed by atoms with Gasteiger partial charge in [-0.3, -0.25) is 4.79 Å². The minimum absolute atomic E-state index is 0.213. The molecule has 2 atom stereocenters. The van der Waals surface area contributed by atoms with Crippen LogP contribution in [0.1, 0.15) is 46.0 Å². The number of rotatable bonds is 5.